The van der Waals surface area contributed by atoms with Crippen molar-refractivity contribution in [3.8, 4) is 11.5 Å². The highest BCUT2D eigenvalue weighted by Gasteiger charge is 2.48. The van der Waals surface area contributed by atoms with Crippen LogP contribution in [-0.4, -0.2) is 70.1 Å². The van der Waals surface area contributed by atoms with Gasteiger partial charge in [0.2, 0.25) is 12.2 Å². The van der Waals surface area contributed by atoms with Crippen LogP contribution in [0.3, 0.4) is 0 Å². The second-order valence-corrected chi connectivity index (χ2v) is 8.53. The van der Waals surface area contributed by atoms with Crippen LogP contribution in [0.1, 0.15) is 45.1 Å². The van der Waals surface area contributed by atoms with E-state index in [0.29, 0.717) is 12.3 Å². The number of hydrogen-bond donors (Lipinski definition) is 5. The van der Waals surface area contributed by atoms with Crippen LogP contribution in [0.5, 0.6) is 11.5 Å². The highest BCUT2D eigenvalue weighted by molar-refractivity contribution is 5.75. The Morgan fingerprint density at radius 3 is 2.50 bits per heavy atom. The fourth-order valence-electron chi connectivity index (χ4n) is 3.40. The lowest BCUT2D eigenvalue weighted by molar-refractivity contribution is -0.271. The van der Waals surface area contributed by atoms with Crippen molar-refractivity contribution in [3.05, 3.63) is 35.9 Å². The third-order valence-corrected chi connectivity index (χ3v) is 5.32. The van der Waals surface area contributed by atoms with Gasteiger partial charge in [0.1, 0.15) is 18.3 Å². The van der Waals surface area contributed by atoms with Gasteiger partial charge >= 0.3 is 5.97 Å². The smallest absolute Gasteiger partial charge is 0.335 e. The van der Waals surface area contributed by atoms with Gasteiger partial charge in [-0.1, -0.05) is 32.1 Å². The molecule has 1 aliphatic heterocycles. The summed E-state index contributed by atoms with van der Waals surface area (Å²) in [5.41, 5.74) is 0.737. The van der Waals surface area contributed by atoms with Gasteiger partial charge < -0.3 is 40.0 Å². The maximum atomic E-state index is 12.1. The minimum atomic E-state index is -1.81. The van der Waals surface area contributed by atoms with E-state index in [4.69, 9.17) is 19.3 Å². The normalized spacial score (nSPS) is 24.9. The van der Waals surface area contributed by atoms with Crippen LogP contribution < -0.4 is 14.8 Å². The molecule has 1 amide bonds. The molecule has 190 valence electrons. The fraction of sp³-hybridized carbons (Fsp3) is 0.583. The molecule has 0 bridgehead atoms. The van der Waals surface area contributed by atoms with Crippen molar-refractivity contribution in [2.75, 3.05) is 7.11 Å². The zero-order valence-electron chi connectivity index (χ0n) is 19.7. The lowest BCUT2D eigenvalue weighted by Crippen LogP contribution is -2.61. The third-order valence-electron chi connectivity index (χ3n) is 5.32. The van der Waals surface area contributed by atoms with Gasteiger partial charge in [0.25, 0.3) is 0 Å². The predicted molar refractivity (Wildman–Crippen MR) is 122 cm³/mol. The van der Waals surface area contributed by atoms with E-state index in [1.807, 2.05) is 0 Å². The molecule has 0 radical (unpaired) electrons. The number of amides is 1. The molecule has 1 aromatic carbocycles. The maximum absolute atomic E-state index is 12.1. The van der Waals surface area contributed by atoms with Gasteiger partial charge in [0.05, 0.1) is 7.11 Å². The van der Waals surface area contributed by atoms with E-state index in [2.05, 4.69) is 31.3 Å². The number of carbonyl (C=O) groups is 2. The Balaban J connectivity index is 1.90. The molecule has 0 spiro atoms. The van der Waals surface area contributed by atoms with Crippen LogP contribution >= 0.6 is 0 Å². The highest BCUT2D eigenvalue weighted by atomic mass is 16.7. The van der Waals surface area contributed by atoms with Crippen molar-refractivity contribution in [1.82, 2.24) is 5.32 Å². The minimum Gasteiger partial charge on any atom is -0.493 e. The minimum absolute atomic E-state index is 0.0573. The second-order valence-electron chi connectivity index (χ2n) is 8.53. The summed E-state index contributed by atoms with van der Waals surface area (Å²) < 4.78 is 16.0. The summed E-state index contributed by atoms with van der Waals surface area (Å²) >= 11 is 0. The topological polar surface area (TPSA) is 155 Å². The van der Waals surface area contributed by atoms with Gasteiger partial charge in [-0.2, -0.15) is 0 Å². The van der Waals surface area contributed by atoms with Crippen LogP contribution in [0.4, 0.5) is 0 Å². The van der Waals surface area contributed by atoms with Gasteiger partial charge in [-0.3, -0.25) is 4.79 Å². The number of allylic oxidation sites excluding steroid dienone is 2. The zero-order valence-corrected chi connectivity index (χ0v) is 19.7. The molecule has 5 unspecified atom stereocenters. The van der Waals surface area contributed by atoms with Gasteiger partial charge in [0, 0.05) is 13.0 Å². The first-order valence-electron chi connectivity index (χ1n) is 11.3. The summed E-state index contributed by atoms with van der Waals surface area (Å²) in [6.07, 6.45) is -1.16. The quantitative estimate of drug-likeness (QED) is 0.220. The third kappa shape index (κ3) is 7.98. The number of ether oxygens (including phenoxy) is 3. The largest absolute Gasteiger partial charge is 0.493 e. The van der Waals surface area contributed by atoms with Crippen LogP contribution in [-0.2, 0) is 20.9 Å². The number of hydrogen-bond acceptors (Lipinski definition) is 8. The van der Waals surface area contributed by atoms with Crippen LogP contribution in [0.25, 0.3) is 0 Å². The molecule has 34 heavy (non-hydrogen) atoms. The van der Waals surface area contributed by atoms with Crippen LogP contribution in [0.2, 0.25) is 0 Å². The molecule has 0 saturated carbocycles. The summed E-state index contributed by atoms with van der Waals surface area (Å²) in [6, 6.07) is 4.82. The number of aliphatic carboxylic acids is 1. The molecular weight excluding hydrogens is 446 g/mol. The number of benzene rings is 1. The van der Waals surface area contributed by atoms with E-state index in [0.717, 1.165) is 24.8 Å². The summed E-state index contributed by atoms with van der Waals surface area (Å²) in [7, 11) is 1.40. The number of aliphatic hydroxyl groups is 3. The first-order valence-corrected chi connectivity index (χ1v) is 11.3. The fourth-order valence-corrected chi connectivity index (χ4v) is 3.40. The summed E-state index contributed by atoms with van der Waals surface area (Å²) in [5.74, 6) is -0.649. The zero-order chi connectivity index (χ0) is 25.3. The number of unbranched alkanes of at least 4 members (excludes halogenated alkanes) is 2. The average molecular weight is 482 g/mol. The Kier molecular flexibility index (Phi) is 10.8. The van der Waals surface area contributed by atoms with Gasteiger partial charge in [-0.05, 0) is 42.9 Å². The second kappa shape index (κ2) is 13.3. The lowest BCUT2D eigenvalue weighted by atomic mass is 9.99. The summed E-state index contributed by atoms with van der Waals surface area (Å²) in [5, 5.41) is 41.9. The molecule has 1 fully saturated rings. The van der Waals surface area contributed by atoms with E-state index in [-0.39, 0.29) is 24.0 Å². The number of carboxylic acid groups (broad SMARTS) is 1. The van der Waals surface area contributed by atoms with Gasteiger partial charge in [-0.15, -0.1) is 0 Å². The van der Waals surface area contributed by atoms with Gasteiger partial charge in [0.15, 0.2) is 17.6 Å². The van der Waals surface area contributed by atoms with Crippen molar-refractivity contribution < 1.29 is 44.2 Å². The van der Waals surface area contributed by atoms with Crippen molar-refractivity contribution in [3.63, 3.8) is 0 Å². The molecular formula is C24H35NO9. The van der Waals surface area contributed by atoms with E-state index >= 15 is 0 Å². The van der Waals surface area contributed by atoms with Crippen molar-refractivity contribution >= 4 is 11.9 Å². The first kappa shape index (κ1) is 27.6. The Morgan fingerprint density at radius 2 is 1.85 bits per heavy atom. The van der Waals surface area contributed by atoms with E-state index < -0.39 is 36.7 Å². The van der Waals surface area contributed by atoms with Crippen molar-refractivity contribution in [2.45, 2.75) is 76.8 Å². The average Bonchev–Trinajstić information content (AvgIpc) is 2.80. The molecule has 10 nitrogen and oxygen atoms in total. The van der Waals surface area contributed by atoms with E-state index in [1.165, 1.54) is 13.2 Å². The number of methoxy groups -OCH3 is 1. The first-order chi connectivity index (χ1) is 16.1. The molecule has 1 aliphatic rings. The highest BCUT2D eigenvalue weighted by Crippen LogP contribution is 2.32. The Bertz CT molecular complexity index is 842. The summed E-state index contributed by atoms with van der Waals surface area (Å²) in [4.78, 5) is 23.3. The van der Waals surface area contributed by atoms with Crippen LogP contribution in [0, 0.1) is 5.92 Å². The van der Waals surface area contributed by atoms with Crippen LogP contribution in [0.15, 0.2) is 30.4 Å². The molecule has 2 rings (SSSR count). The van der Waals surface area contributed by atoms with Crippen molar-refractivity contribution in [2.24, 2.45) is 5.92 Å². The molecule has 1 saturated heterocycles. The van der Waals surface area contributed by atoms with Crippen molar-refractivity contribution in [1.29, 1.82) is 0 Å². The molecule has 1 heterocycles. The van der Waals surface area contributed by atoms with E-state index in [9.17, 15) is 24.9 Å². The number of carboxylic acids is 1. The van der Waals surface area contributed by atoms with Gasteiger partial charge in [-0.25, -0.2) is 4.79 Å². The summed E-state index contributed by atoms with van der Waals surface area (Å²) in [6.45, 7) is 4.52. The molecule has 5 N–H and O–H groups in total. The number of rotatable bonds is 12. The molecule has 10 heteroatoms. The number of carbonyl (C=O) groups excluding carboxylic acids is 1. The Morgan fingerprint density at radius 1 is 1.12 bits per heavy atom. The molecule has 0 aromatic heterocycles. The van der Waals surface area contributed by atoms with E-state index in [1.54, 1.807) is 12.1 Å². The molecule has 5 atom stereocenters. The monoisotopic (exact) mass is 481 g/mol. The number of nitrogens with one attached hydrogen (secondary N) is 1. The Labute approximate surface area is 199 Å². The lowest BCUT2D eigenvalue weighted by Gasteiger charge is -2.38. The maximum Gasteiger partial charge on any atom is 0.335 e. The number of aliphatic hydroxyl groups excluding tert-OH is 3. The Hall–Kier alpha value is -2.66. The predicted octanol–water partition coefficient (Wildman–Crippen LogP) is 1.35. The standard InChI is InChI=1S/C24H35NO9/c1-14(2)8-6-4-5-7-9-18(26)25-13-15-10-11-16(17(12-15)32-3)33-24-21(29)19(27)20(28)22(34-24)23(30)31/h6,8,10-12,14,19-22,24,27-29H,4-5,7,9,13H2,1-3H3,(H,25,26)(H,30,31)/b8-6+. The molecule has 1 aromatic rings. The molecule has 0 aliphatic carbocycles. The SMILES string of the molecule is COc1cc(CNC(=O)CCCC/C=C/C(C)C)ccc1OC1OC(C(=O)O)C(O)C(O)C1O.